The van der Waals surface area contributed by atoms with Gasteiger partial charge in [-0.05, 0) is 30.3 Å². The monoisotopic (exact) mass is 309 g/mol. The van der Waals surface area contributed by atoms with Gasteiger partial charge in [0.05, 0.1) is 14.2 Å². The van der Waals surface area contributed by atoms with Gasteiger partial charge in [-0.1, -0.05) is 18.2 Å². The van der Waals surface area contributed by atoms with E-state index in [4.69, 9.17) is 14.2 Å². The Hall–Kier alpha value is -3.08. The van der Waals surface area contributed by atoms with Crippen LogP contribution in [0, 0.1) is 0 Å². The average Bonchev–Trinajstić information content (AvgIpc) is 2.97. The quantitative estimate of drug-likeness (QED) is 0.643. The van der Waals surface area contributed by atoms with E-state index < -0.39 is 5.97 Å². The number of esters is 1. The molecule has 0 atom stereocenters. The second-order valence-electron chi connectivity index (χ2n) is 4.81. The van der Waals surface area contributed by atoms with Gasteiger partial charge in [-0.15, -0.1) is 0 Å². The lowest BCUT2D eigenvalue weighted by Crippen LogP contribution is -2.05. The predicted molar refractivity (Wildman–Crippen MR) is 86.6 cm³/mol. The second-order valence-corrected chi connectivity index (χ2v) is 4.81. The second kappa shape index (κ2) is 6.36. The van der Waals surface area contributed by atoms with Crippen molar-refractivity contribution in [1.82, 2.24) is 0 Å². The minimum absolute atomic E-state index is 0.229. The summed E-state index contributed by atoms with van der Waals surface area (Å²) in [5.41, 5.74) is 1.71. The Morgan fingerprint density at radius 1 is 1.04 bits per heavy atom. The van der Waals surface area contributed by atoms with Crippen LogP contribution in [-0.2, 0) is 9.53 Å². The van der Waals surface area contributed by atoms with Gasteiger partial charge < -0.3 is 14.2 Å². The van der Waals surface area contributed by atoms with E-state index in [1.54, 1.807) is 38.5 Å². The molecule has 23 heavy (non-hydrogen) atoms. The topological polar surface area (TPSA) is 57.1 Å². The van der Waals surface area contributed by atoms with Crippen molar-refractivity contribution in [3.05, 3.63) is 65.4 Å². The van der Waals surface area contributed by atoms with E-state index in [0.29, 0.717) is 17.4 Å². The molecule has 0 unspecified atom stereocenters. The summed E-state index contributed by atoms with van der Waals surface area (Å²) in [7, 11) is 3.14. The van der Waals surface area contributed by atoms with Gasteiger partial charge >= 0.3 is 5.97 Å². The molecule has 0 spiro atoms. The van der Waals surface area contributed by atoms with E-state index >= 15 is 0 Å². The fourth-order valence-corrected chi connectivity index (χ4v) is 2.20. The molecule has 0 bridgehead atoms. The van der Waals surface area contributed by atoms with Crippen LogP contribution in [-0.4, -0.2) is 26.1 Å². The lowest BCUT2D eigenvalue weighted by Gasteiger charge is -2.07. The number of carbonyl (C=O) groups excluding carboxylic acids is 1. The minimum Gasteiger partial charge on any atom is -0.497 e. The largest absolute Gasteiger partial charge is 0.497 e. The molecular formula is C18H15NO4. The molecule has 0 N–H and O–H groups in total. The zero-order valence-electron chi connectivity index (χ0n) is 12.8. The lowest BCUT2D eigenvalue weighted by atomic mass is 10.1. The first-order valence-electron chi connectivity index (χ1n) is 7.01. The van der Waals surface area contributed by atoms with Gasteiger partial charge in [0.2, 0.25) is 5.90 Å². The molecule has 1 heterocycles. The third-order valence-electron chi connectivity index (χ3n) is 3.37. The van der Waals surface area contributed by atoms with Crippen LogP contribution in [0.1, 0.15) is 11.1 Å². The first kappa shape index (κ1) is 14.8. The van der Waals surface area contributed by atoms with Gasteiger partial charge in [-0.2, -0.15) is 0 Å². The maximum absolute atomic E-state index is 12.0. The third-order valence-corrected chi connectivity index (χ3v) is 3.37. The molecule has 3 rings (SSSR count). The van der Waals surface area contributed by atoms with E-state index in [1.807, 2.05) is 30.3 Å². The number of benzene rings is 2. The number of hydrogen-bond acceptors (Lipinski definition) is 5. The van der Waals surface area contributed by atoms with Crippen molar-refractivity contribution in [3.8, 4) is 11.5 Å². The highest BCUT2D eigenvalue weighted by molar-refractivity contribution is 6.12. The molecule has 5 nitrogen and oxygen atoms in total. The van der Waals surface area contributed by atoms with Crippen LogP contribution in [0.2, 0.25) is 0 Å². The Morgan fingerprint density at radius 3 is 2.52 bits per heavy atom. The molecular weight excluding hydrogens is 294 g/mol. The van der Waals surface area contributed by atoms with Crippen molar-refractivity contribution in [2.45, 2.75) is 0 Å². The molecule has 0 fully saturated rings. The summed E-state index contributed by atoms with van der Waals surface area (Å²) in [5, 5.41) is 0. The van der Waals surface area contributed by atoms with Gasteiger partial charge in [-0.25, -0.2) is 9.79 Å². The highest BCUT2D eigenvalue weighted by Gasteiger charge is 2.24. The van der Waals surface area contributed by atoms with Crippen molar-refractivity contribution >= 4 is 17.9 Å². The molecule has 2 aromatic rings. The molecule has 5 heteroatoms. The van der Waals surface area contributed by atoms with E-state index in [1.165, 1.54) is 0 Å². The van der Waals surface area contributed by atoms with E-state index in [2.05, 4.69) is 4.99 Å². The normalized spacial score (nSPS) is 15.3. The molecule has 1 aliphatic rings. The third kappa shape index (κ3) is 3.08. The van der Waals surface area contributed by atoms with E-state index in [0.717, 1.165) is 11.1 Å². The Balaban J connectivity index is 1.96. The standard InChI is InChI=1S/C18H15NO4/c1-21-14-9-8-13(16(11-14)22-2)10-15-18(20)23-17(19-15)12-6-4-3-5-7-12/h3-11H,1-2H3/b15-10-. The molecule has 0 aliphatic carbocycles. The summed E-state index contributed by atoms with van der Waals surface area (Å²) < 4.78 is 15.7. The zero-order chi connectivity index (χ0) is 16.2. The summed E-state index contributed by atoms with van der Waals surface area (Å²) in [5.74, 6) is 1.08. The Labute approximate surface area is 133 Å². The highest BCUT2D eigenvalue weighted by atomic mass is 16.6. The maximum Gasteiger partial charge on any atom is 0.363 e. The zero-order valence-corrected chi connectivity index (χ0v) is 12.8. The Morgan fingerprint density at radius 2 is 1.83 bits per heavy atom. The van der Waals surface area contributed by atoms with Crippen LogP contribution in [0.15, 0.2) is 59.2 Å². The Kier molecular flexibility index (Phi) is 4.10. The van der Waals surface area contributed by atoms with Crippen molar-refractivity contribution in [2.75, 3.05) is 14.2 Å². The van der Waals surface area contributed by atoms with Gasteiger partial charge in [0.15, 0.2) is 5.70 Å². The van der Waals surface area contributed by atoms with Crippen LogP contribution in [0.25, 0.3) is 6.08 Å². The molecule has 0 saturated carbocycles. The summed E-state index contributed by atoms with van der Waals surface area (Å²) in [6.07, 6.45) is 1.64. The lowest BCUT2D eigenvalue weighted by molar-refractivity contribution is -0.129. The SMILES string of the molecule is COc1ccc(/C=C2\N=C(c3ccccc3)OC2=O)c(OC)c1. The smallest absolute Gasteiger partial charge is 0.363 e. The molecule has 0 saturated heterocycles. The number of methoxy groups -OCH3 is 2. The molecule has 1 aliphatic heterocycles. The number of cyclic esters (lactones) is 1. The van der Waals surface area contributed by atoms with Crippen LogP contribution in [0.5, 0.6) is 11.5 Å². The highest BCUT2D eigenvalue weighted by Crippen LogP contribution is 2.28. The van der Waals surface area contributed by atoms with Crippen LogP contribution < -0.4 is 9.47 Å². The van der Waals surface area contributed by atoms with Gasteiger partial charge in [-0.3, -0.25) is 0 Å². The van der Waals surface area contributed by atoms with Crippen molar-refractivity contribution in [2.24, 2.45) is 4.99 Å². The summed E-state index contributed by atoms with van der Waals surface area (Å²) >= 11 is 0. The predicted octanol–water partition coefficient (Wildman–Crippen LogP) is 3.05. The molecule has 0 aromatic heterocycles. The first-order chi connectivity index (χ1) is 11.2. The molecule has 0 radical (unpaired) electrons. The number of rotatable bonds is 4. The van der Waals surface area contributed by atoms with Crippen LogP contribution in [0.3, 0.4) is 0 Å². The maximum atomic E-state index is 12.0. The number of carbonyl (C=O) groups is 1. The fourth-order valence-electron chi connectivity index (χ4n) is 2.20. The summed E-state index contributed by atoms with van der Waals surface area (Å²) in [6, 6.07) is 14.6. The number of ether oxygens (including phenoxy) is 3. The molecule has 0 amide bonds. The van der Waals surface area contributed by atoms with Crippen molar-refractivity contribution in [1.29, 1.82) is 0 Å². The van der Waals surface area contributed by atoms with E-state index in [-0.39, 0.29) is 5.70 Å². The number of aliphatic imine (C=N–C) groups is 1. The summed E-state index contributed by atoms with van der Waals surface area (Å²) in [6.45, 7) is 0. The van der Waals surface area contributed by atoms with Gasteiger partial charge in [0.25, 0.3) is 0 Å². The van der Waals surface area contributed by atoms with Crippen molar-refractivity contribution in [3.63, 3.8) is 0 Å². The van der Waals surface area contributed by atoms with Gasteiger partial charge in [0.1, 0.15) is 11.5 Å². The van der Waals surface area contributed by atoms with Crippen LogP contribution in [0.4, 0.5) is 0 Å². The van der Waals surface area contributed by atoms with Crippen LogP contribution >= 0.6 is 0 Å². The fraction of sp³-hybridized carbons (Fsp3) is 0.111. The number of hydrogen-bond donors (Lipinski definition) is 0. The van der Waals surface area contributed by atoms with E-state index in [9.17, 15) is 4.79 Å². The average molecular weight is 309 g/mol. The number of nitrogens with zero attached hydrogens (tertiary/aromatic N) is 1. The molecule has 116 valence electrons. The molecule has 2 aromatic carbocycles. The van der Waals surface area contributed by atoms with Gasteiger partial charge in [0, 0.05) is 17.2 Å². The van der Waals surface area contributed by atoms with Crippen molar-refractivity contribution < 1.29 is 19.0 Å². The summed E-state index contributed by atoms with van der Waals surface area (Å²) in [4.78, 5) is 16.3. The first-order valence-corrected chi connectivity index (χ1v) is 7.01. The minimum atomic E-state index is -0.485. The Bertz CT molecular complexity index is 794.